The first-order valence-electron chi connectivity index (χ1n) is 5.16. The first-order chi connectivity index (χ1) is 5.55. The van der Waals surface area contributed by atoms with E-state index in [1.807, 2.05) is 0 Å². The van der Waals surface area contributed by atoms with Crippen molar-refractivity contribution in [2.75, 3.05) is 6.61 Å². The molecule has 0 spiro atoms. The Balaban J connectivity index is 2.59. The molecule has 1 nitrogen and oxygen atoms in total. The van der Waals surface area contributed by atoms with Gasteiger partial charge in [0.05, 0.1) is 0 Å². The topological polar surface area (TPSA) is 20.2 Å². The molecule has 1 N–H and O–H groups in total. The fourth-order valence-electron chi connectivity index (χ4n) is 2.57. The molecule has 2 atom stereocenters. The van der Waals surface area contributed by atoms with Gasteiger partial charge in [-0.15, -0.1) is 0 Å². The highest BCUT2D eigenvalue weighted by Gasteiger charge is 2.33. The molecule has 0 aliphatic heterocycles. The van der Waals surface area contributed by atoms with Crippen LogP contribution in [0.15, 0.2) is 0 Å². The maximum Gasteiger partial charge on any atom is 0.0462 e. The van der Waals surface area contributed by atoms with Crippen molar-refractivity contribution in [2.24, 2.45) is 17.3 Å². The van der Waals surface area contributed by atoms with Gasteiger partial charge in [-0.25, -0.2) is 0 Å². The Hall–Kier alpha value is -0.0400. The molecule has 1 heteroatoms. The maximum absolute atomic E-state index is 9.22. The van der Waals surface area contributed by atoms with Gasteiger partial charge >= 0.3 is 0 Å². The van der Waals surface area contributed by atoms with Gasteiger partial charge in [-0.3, -0.25) is 0 Å². The van der Waals surface area contributed by atoms with Crippen molar-refractivity contribution in [1.29, 1.82) is 0 Å². The standard InChI is InChI=1S/C11H22O/c1-11(2,3)10-7-5-4-6-9(10)8-12/h9-10,12H,4-8H2,1-3H3/t9-,10+/m1/s1. The Morgan fingerprint density at radius 2 is 1.75 bits per heavy atom. The normalized spacial score (nSPS) is 32.0. The molecule has 72 valence electrons. The minimum atomic E-state index is 0.383. The lowest BCUT2D eigenvalue weighted by Crippen LogP contribution is -2.32. The van der Waals surface area contributed by atoms with E-state index in [2.05, 4.69) is 20.8 Å². The zero-order valence-corrected chi connectivity index (χ0v) is 8.64. The molecule has 1 aliphatic carbocycles. The van der Waals surface area contributed by atoms with Gasteiger partial charge < -0.3 is 5.11 Å². The molecule has 12 heavy (non-hydrogen) atoms. The Bertz CT molecular complexity index is 134. The minimum absolute atomic E-state index is 0.383. The number of hydrogen-bond donors (Lipinski definition) is 1. The van der Waals surface area contributed by atoms with Crippen LogP contribution in [0.2, 0.25) is 0 Å². The fourth-order valence-corrected chi connectivity index (χ4v) is 2.57. The zero-order chi connectivity index (χ0) is 9.19. The van der Waals surface area contributed by atoms with Gasteiger partial charge in [0, 0.05) is 6.61 Å². The highest BCUT2D eigenvalue weighted by atomic mass is 16.3. The molecule has 0 bridgehead atoms. The minimum Gasteiger partial charge on any atom is -0.396 e. The second-order valence-corrected chi connectivity index (χ2v) is 5.20. The summed E-state index contributed by atoms with van der Waals surface area (Å²) < 4.78 is 0. The second-order valence-electron chi connectivity index (χ2n) is 5.20. The highest BCUT2D eigenvalue weighted by Crippen LogP contribution is 2.41. The van der Waals surface area contributed by atoms with Crippen molar-refractivity contribution in [1.82, 2.24) is 0 Å². The van der Waals surface area contributed by atoms with E-state index in [1.165, 1.54) is 25.7 Å². The van der Waals surface area contributed by atoms with Crippen LogP contribution in [0.5, 0.6) is 0 Å². The zero-order valence-electron chi connectivity index (χ0n) is 8.64. The number of aliphatic hydroxyl groups excluding tert-OH is 1. The Morgan fingerprint density at radius 3 is 2.17 bits per heavy atom. The summed E-state index contributed by atoms with van der Waals surface area (Å²) in [6, 6.07) is 0. The van der Waals surface area contributed by atoms with E-state index in [0.29, 0.717) is 17.9 Å². The molecular formula is C11H22O. The summed E-state index contributed by atoms with van der Waals surface area (Å²) in [5.74, 6) is 1.30. The molecule has 1 saturated carbocycles. The third-order valence-corrected chi connectivity index (χ3v) is 3.26. The Labute approximate surface area is 76.2 Å². The summed E-state index contributed by atoms with van der Waals surface area (Å²) in [4.78, 5) is 0. The van der Waals surface area contributed by atoms with E-state index in [-0.39, 0.29) is 0 Å². The molecule has 0 aromatic heterocycles. The van der Waals surface area contributed by atoms with Crippen LogP contribution < -0.4 is 0 Å². The summed E-state index contributed by atoms with van der Waals surface area (Å²) >= 11 is 0. The second kappa shape index (κ2) is 3.78. The van der Waals surface area contributed by atoms with E-state index in [1.54, 1.807) is 0 Å². The largest absolute Gasteiger partial charge is 0.396 e. The summed E-state index contributed by atoms with van der Waals surface area (Å²) in [7, 11) is 0. The molecular weight excluding hydrogens is 148 g/mol. The quantitative estimate of drug-likeness (QED) is 0.641. The lowest BCUT2D eigenvalue weighted by atomic mass is 9.67. The van der Waals surface area contributed by atoms with Crippen LogP contribution in [-0.4, -0.2) is 11.7 Å². The van der Waals surface area contributed by atoms with Crippen molar-refractivity contribution >= 4 is 0 Å². The van der Waals surface area contributed by atoms with Crippen LogP contribution >= 0.6 is 0 Å². The molecule has 1 rings (SSSR count). The lowest BCUT2D eigenvalue weighted by Gasteiger charge is -2.39. The molecule has 0 saturated heterocycles. The lowest BCUT2D eigenvalue weighted by molar-refractivity contribution is 0.0615. The van der Waals surface area contributed by atoms with Crippen molar-refractivity contribution in [2.45, 2.75) is 46.5 Å². The molecule has 0 heterocycles. The van der Waals surface area contributed by atoms with E-state index < -0.39 is 0 Å². The van der Waals surface area contributed by atoms with Gasteiger partial charge in [0.15, 0.2) is 0 Å². The van der Waals surface area contributed by atoms with Crippen LogP contribution in [-0.2, 0) is 0 Å². The van der Waals surface area contributed by atoms with Gasteiger partial charge in [0.25, 0.3) is 0 Å². The average molecular weight is 170 g/mol. The fraction of sp³-hybridized carbons (Fsp3) is 1.00. The summed E-state index contributed by atoms with van der Waals surface area (Å²) in [5.41, 5.74) is 0.383. The molecule has 1 fully saturated rings. The third-order valence-electron chi connectivity index (χ3n) is 3.26. The number of hydrogen-bond acceptors (Lipinski definition) is 1. The predicted molar refractivity (Wildman–Crippen MR) is 52.0 cm³/mol. The number of aliphatic hydroxyl groups is 1. The maximum atomic E-state index is 9.22. The first kappa shape index (κ1) is 10.0. The molecule has 0 aromatic carbocycles. The van der Waals surface area contributed by atoms with Crippen LogP contribution in [0.1, 0.15) is 46.5 Å². The van der Waals surface area contributed by atoms with Crippen LogP contribution in [0, 0.1) is 17.3 Å². The molecule has 0 radical (unpaired) electrons. The van der Waals surface area contributed by atoms with Crippen LogP contribution in [0.25, 0.3) is 0 Å². The third kappa shape index (κ3) is 2.22. The number of rotatable bonds is 1. The molecule has 0 amide bonds. The van der Waals surface area contributed by atoms with Gasteiger partial charge in [0.2, 0.25) is 0 Å². The van der Waals surface area contributed by atoms with E-state index in [4.69, 9.17) is 0 Å². The first-order valence-corrected chi connectivity index (χ1v) is 5.16. The summed E-state index contributed by atoms with van der Waals surface area (Å²) in [6.07, 6.45) is 5.23. The molecule has 0 unspecified atom stereocenters. The van der Waals surface area contributed by atoms with Gasteiger partial charge in [0.1, 0.15) is 0 Å². The van der Waals surface area contributed by atoms with Crippen molar-refractivity contribution in [3.05, 3.63) is 0 Å². The van der Waals surface area contributed by atoms with Crippen LogP contribution in [0.3, 0.4) is 0 Å². The van der Waals surface area contributed by atoms with Gasteiger partial charge in [-0.05, 0) is 30.1 Å². The molecule has 0 aromatic rings. The van der Waals surface area contributed by atoms with E-state index in [0.717, 1.165) is 5.92 Å². The predicted octanol–water partition coefficient (Wildman–Crippen LogP) is 2.83. The van der Waals surface area contributed by atoms with Crippen LogP contribution in [0.4, 0.5) is 0 Å². The van der Waals surface area contributed by atoms with E-state index in [9.17, 15) is 5.11 Å². The van der Waals surface area contributed by atoms with Gasteiger partial charge in [-0.1, -0.05) is 33.6 Å². The van der Waals surface area contributed by atoms with Crippen molar-refractivity contribution in [3.8, 4) is 0 Å². The molecule has 1 aliphatic rings. The SMILES string of the molecule is CC(C)(C)[C@H]1CCCC[C@@H]1CO. The van der Waals surface area contributed by atoms with Gasteiger partial charge in [-0.2, -0.15) is 0 Å². The summed E-state index contributed by atoms with van der Waals surface area (Å²) in [6.45, 7) is 7.28. The highest BCUT2D eigenvalue weighted by molar-refractivity contribution is 4.83. The smallest absolute Gasteiger partial charge is 0.0462 e. The van der Waals surface area contributed by atoms with E-state index >= 15 is 0 Å². The average Bonchev–Trinajstić information content (AvgIpc) is 2.03. The summed E-state index contributed by atoms with van der Waals surface area (Å²) in [5, 5.41) is 9.22. The monoisotopic (exact) mass is 170 g/mol. The van der Waals surface area contributed by atoms with Crippen molar-refractivity contribution in [3.63, 3.8) is 0 Å². The Morgan fingerprint density at radius 1 is 1.17 bits per heavy atom. The Kier molecular flexibility index (Phi) is 3.16. The van der Waals surface area contributed by atoms with Crippen molar-refractivity contribution < 1.29 is 5.11 Å².